The molecule has 43 heavy (non-hydrogen) atoms. The zero-order valence-corrected chi connectivity index (χ0v) is 26.2. The van der Waals surface area contributed by atoms with Crippen molar-refractivity contribution in [3.05, 3.63) is 81.1 Å². The summed E-state index contributed by atoms with van der Waals surface area (Å²) in [5.41, 5.74) is 2.56. The van der Waals surface area contributed by atoms with Gasteiger partial charge in [-0.25, -0.2) is 9.18 Å². The number of Topliss-reactive ketones (excluding diaryl/α,β-unsaturated/α-hetero) is 1. The van der Waals surface area contributed by atoms with Crippen molar-refractivity contribution < 1.29 is 28.6 Å². The average Bonchev–Trinajstić information content (AvgIpc) is 3.44. The second-order valence-electron chi connectivity index (χ2n) is 12.8. The minimum Gasteiger partial charge on any atom is -0.440 e. The van der Waals surface area contributed by atoms with Crippen molar-refractivity contribution in [2.45, 2.75) is 89.3 Å². The summed E-state index contributed by atoms with van der Waals surface area (Å²) in [6.07, 6.45) is 6.81. The van der Waals surface area contributed by atoms with Crippen LogP contribution >= 0.6 is 11.6 Å². The number of carbonyl (C=O) groups excluding carboxylic acids is 2. The van der Waals surface area contributed by atoms with Gasteiger partial charge in [0.15, 0.2) is 5.78 Å². The van der Waals surface area contributed by atoms with Gasteiger partial charge in [0.2, 0.25) is 0 Å². The van der Waals surface area contributed by atoms with Gasteiger partial charge < -0.3 is 19.5 Å². The molecule has 0 aromatic heterocycles. The van der Waals surface area contributed by atoms with E-state index < -0.39 is 22.9 Å². The molecule has 1 saturated heterocycles. The van der Waals surface area contributed by atoms with E-state index in [1.165, 1.54) is 17.7 Å². The maximum Gasteiger partial charge on any atom is 0.410 e. The van der Waals surface area contributed by atoms with Crippen molar-refractivity contribution in [3.8, 4) is 0 Å². The Morgan fingerprint density at radius 3 is 2.81 bits per heavy atom. The van der Waals surface area contributed by atoms with Gasteiger partial charge in [0.1, 0.15) is 11.4 Å². The van der Waals surface area contributed by atoms with Crippen LogP contribution in [0.4, 0.5) is 9.18 Å². The van der Waals surface area contributed by atoms with Crippen molar-refractivity contribution in [3.63, 3.8) is 0 Å². The summed E-state index contributed by atoms with van der Waals surface area (Å²) in [5, 5.41) is 11.0. The molecule has 2 aromatic carbocycles. The summed E-state index contributed by atoms with van der Waals surface area (Å²) in [4.78, 5) is 29.0. The number of amides is 1. The lowest BCUT2D eigenvalue weighted by molar-refractivity contribution is -0.0373. The molecule has 0 radical (unpaired) electrons. The molecule has 1 amide bonds. The summed E-state index contributed by atoms with van der Waals surface area (Å²) in [6.45, 7) is 5.96. The highest BCUT2D eigenvalue weighted by Crippen LogP contribution is 2.61. The van der Waals surface area contributed by atoms with E-state index in [0.717, 1.165) is 43.2 Å². The fourth-order valence-electron chi connectivity index (χ4n) is 7.56. The lowest BCUT2D eigenvalue weighted by Gasteiger charge is -2.43. The molecular weight excluding hydrogens is 569 g/mol. The maximum absolute atomic E-state index is 14.8. The first-order chi connectivity index (χ1) is 20.6. The number of hydrogen-bond acceptors (Lipinski definition) is 5. The minimum absolute atomic E-state index is 0.0649. The van der Waals surface area contributed by atoms with Crippen LogP contribution in [0.5, 0.6) is 0 Å². The summed E-state index contributed by atoms with van der Waals surface area (Å²) >= 11 is 6.33. The first-order valence-electron chi connectivity index (χ1n) is 15.5. The number of fused-ring (bicyclic) bond motifs is 8. The molecule has 1 heterocycles. The van der Waals surface area contributed by atoms with Crippen LogP contribution in [0, 0.1) is 11.2 Å². The Kier molecular flexibility index (Phi) is 9.64. The van der Waals surface area contributed by atoms with Crippen LogP contribution in [0.1, 0.15) is 91.8 Å². The first kappa shape index (κ1) is 31.7. The van der Waals surface area contributed by atoms with E-state index in [0.29, 0.717) is 44.5 Å². The predicted octanol–water partition coefficient (Wildman–Crippen LogP) is 7.44. The minimum atomic E-state index is -0.690. The molecule has 2 aromatic rings. The second-order valence-corrected chi connectivity index (χ2v) is 13.3. The largest absolute Gasteiger partial charge is 0.440 e. The molecule has 2 bridgehead atoms. The third-order valence-electron chi connectivity index (χ3n) is 10.1. The predicted molar refractivity (Wildman–Crippen MR) is 165 cm³/mol. The van der Waals surface area contributed by atoms with Gasteiger partial charge in [-0.15, -0.1) is 0 Å². The van der Waals surface area contributed by atoms with E-state index in [9.17, 15) is 19.1 Å². The zero-order chi connectivity index (χ0) is 30.8. The Bertz CT molecular complexity index is 1370. The van der Waals surface area contributed by atoms with E-state index in [4.69, 9.17) is 21.1 Å². The number of rotatable bonds is 7. The SMILES string of the molecule is COCCCN1C[C@@]2(CC[C@H]3c4ccc(cc4C(=O)Cc4c(F)cccc4Cl)C[C@@H](O)CCC(C)=CCC[C@@]32C)OC1=O. The van der Waals surface area contributed by atoms with Crippen LogP contribution in [0.3, 0.4) is 0 Å². The van der Waals surface area contributed by atoms with Crippen molar-refractivity contribution in [2.24, 2.45) is 5.41 Å². The Labute approximate surface area is 259 Å². The normalized spacial score (nSPS) is 27.6. The molecule has 0 unspecified atom stereocenters. The van der Waals surface area contributed by atoms with E-state index >= 15 is 0 Å². The Morgan fingerprint density at radius 2 is 2.05 bits per heavy atom. The van der Waals surface area contributed by atoms with Gasteiger partial charge in [-0.2, -0.15) is 0 Å². The van der Waals surface area contributed by atoms with E-state index in [1.54, 1.807) is 18.1 Å². The average molecular weight is 612 g/mol. The number of allylic oxidation sites excluding steroid dienone is 2. The zero-order valence-electron chi connectivity index (χ0n) is 25.5. The van der Waals surface area contributed by atoms with Crippen LogP contribution in [0.15, 0.2) is 48.0 Å². The Morgan fingerprint density at radius 1 is 1.23 bits per heavy atom. The smallest absolute Gasteiger partial charge is 0.410 e. The number of ketones is 1. The van der Waals surface area contributed by atoms with E-state index in [2.05, 4.69) is 19.9 Å². The van der Waals surface area contributed by atoms with Gasteiger partial charge in [0.05, 0.1) is 12.6 Å². The Hall–Kier alpha value is -2.74. The van der Waals surface area contributed by atoms with E-state index in [-0.39, 0.29) is 34.8 Å². The van der Waals surface area contributed by atoms with E-state index in [1.807, 2.05) is 18.2 Å². The topological polar surface area (TPSA) is 76.1 Å². The number of benzene rings is 2. The third kappa shape index (κ3) is 6.40. The molecule has 232 valence electrons. The maximum atomic E-state index is 14.8. The van der Waals surface area contributed by atoms with Crippen LogP contribution < -0.4 is 0 Å². The molecule has 4 atom stereocenters. The number of halogens is 2. The fourth-order valence-corrected chi connectivity index (χ4v) is 7.79. The quantitative estimate of drug-likeness (QED) is 0.200. The lowest BCUT2D eigenvalue weighted by Crippen LogP contribution is -2.48. The number of aliphatic hydroxyl groups is 1. The molecule has 1 spiro atoms. The molecule has 6 rings (SSSR count). The van der Waals surface area contributed by atoms with Crippen molar-refractivity contribution in [1.82, 2.24) is 4.90 Å². The number of hydrogen-bond donors (Lipinski definition) is 1. The van der Waals surface area contributed by atoms with Gasteiger partial charge in [0, 0.05) is 48.2 Å². The molecule has 1 N–H and O–H groups in total. The number of methoxy groups -OCH3 is 1. The van der Waals surface area contributed by atoms with Gasteiger partial charge in [-0.1, -0.05) is 48.4 Å². The standard InChI is InChI=1S/C35H43ClFNO5/c1-23-7-5-15-34(2)29(14-16-35(34)22-38(33(41)43-35)17-6-18-42-3)26-13-11-24(19-25(39)12-10-23)20-27(26)32(40)21-28-30(36)8-4-9-31(28)37/h4,7-9,11,13,20,25,29,39H,5-6,10,12,14-19,21-22H2,1-3H3/t25-,29-,34-,35+/m0/s1. The molecule has 1 aliphatic heterocycles. The second kappa shape index (κ2) is 13.1. The molecule has 4 aliphatic rings. The lowest BCUT2D eigenvalue weighted by atomic mass is 9.64. The molecular formula is C35H43ClFNO5. The van der Waals surface area contributed by atoms with Crippen molar-refractivity contribution in [1.29, 1.82) is 0 Å². The number of ether oxygens (including phenoxy) is 2. The number of aliphatic hydroxyl groups excluding tert-OH is 1. The summed E-state index contributed by atoms with van der Waals surface area (Å²) in [6, 6.07) is 10.3. The Balaban J connectivity index is 1.57. The third-order valence-corrected chi connectivity index (χ3v) is 10.5. The van der Waals surface area contributed by atoms with Crippen LogP contribution in [0.2, 0.25) is 5.02 Å². The molecule has 2 fully saturated rings. The molecule has 1 saturated carbocycles. The highest BCUT2D eigenvalue weighted by atomic mass is 35.5. The number of carbonyl (C=O) groups is 2. The van der Waals surface area contributed by atoms with Gasteiger partial charge >= 0.3 is 6.09 Å². The van der Waals surface area contributed by atoms with Gasteiger partial charge in [-0.05, 0) is 93.5 Å². The van der Waals surface area contributed by atoms with Crippen LogP contribution in [-0.4, -0.2) is 60.4 Å². The first-order valence-corrected chi connectivity index (χ1v) is 15.8. The highest BCUT2D eigenvalue weighted by molar-refractivity contribution is 6.31. The molecule has 6 nitrogen and oxygen atoms in total. The summed E-state index contributed by atoms with van der Waals surface area (Å²) < 4.78 is 26.3. The highest BCUT2D eigenvalue weighted by Gasteiger charge is 2.63. The molecule has 3 aliphatic carbocycles. The van der Waals surface area contributed by atoms with Gasteiger partial charge in [-0.3, -0.25) is 4.79 Å². The monoisotopic (exact) mass is 611 g/mol. The van der Waals surface area contributed by atoms with Crippen LogP contribution in [0.25, 0.3) is 0 Å². The molecule has 8 heteroatoms. The number of nitrogens with zero attached hydrogens (tertiary/aromatic N) is 1. The van der Waals surface area contributed by atoms with Crippen molar-refractivity contribution in [2.75, 3.05) is 26.8 Å². The summed E-state index contributed by atoms with van der Waals surface area (Å²) in [5.74, 6) is -0.784. The van der Waals surface area contributed by atoms with Gasteiger partial charge in [0.25, 0.3) is 0 Å². The fraction of sp³-hybridized carbons (Fsp3) is 0.543. The summed E-state index contributed by atoms with van der Waals surface area (Å²) in [7, 11) is 1.65. The van der Waals surface area contributed by atoms with Crippen LogP contribution in [-0.2, 0) is 22.3 Å². The van der Waals surface area contributed by atoms with Crippen molar-refractivity contribution >= 4 is 23.5 Å².